The number of nitrogens with one attached hydrogen (secondary N) is 1. The Morgan fingerprint density at radius 3 is 2.71 bits per heavy atom. The highest BCUT2D eigenvalue weighted by atomic mass is 16.5. The molecule has 1 aliphatic heterocycles. The van der Waals surface area contributed by atoms with Gasteiger partial charge in [0, 0.05) is 31.4 Å². The minimum absolute atomic E-state index is 0.126. The number of ether oxygens (including phenoxy) is 1. The highest BCUT2D eigenvalue weighted by Gasteiger charge is 2.37. The number of hydrogen-bond donors (Lipinski definition) is 1. The summed E-state index contributed by atoms with van der Waals surface area (Å²) in [5.41, 5.74) is 3.03. The summed E-state index contributed by atoms with van der Waals surface area (Å²) in [4.78, 5) is 31.8. The monoisotopic (exact) mass is 379 g/mol. The number of pyridine rings is 1. The molecule has 4 rings (SSSR count). The van der Waals surface area contributed by atoms with E-state index in [0.717, 1.165) is 32.2 Å². The smallest absolute Gasteiger partial charge is 0.253 e. The predicted molar refractivity (Wildman–Crippen MR) is 105 cm³/mol. The van der Waals surface area contributed by atoms with E-state index in [9.17, 15) is 9.59 Å². The summed E-state index contributed by atoms with van der Waals surface area (Å²) in [5.74, 6) is 0.283. The summed E-state index contributed by atoms with van der Waals surface area (Å²) in [6.45, 7) is 1.41. The van der Waals surface area contributed by atoms with Gasteiger partial charge in [0.15, 0.2) is 0 Å². The van der Waals surface area contributed by atoms with E-state index in [1.165, 1.54) is 24.4 Å². The van der Waals surface area contributed by atoms with Crippen LogP contribution in [0.2, 0.25) is 0 Å². The van der Waals surface area contributed by atoms with E-state index >= 15 is 0 Å². The molecule has 0 saturated heterocycles. The van der Waals surface area contributed by atoms with Crippen LogP contribution in [0.25, 0.3) is 0 Å². The van der Waals surface area contributed by atoms with E-state index < -0.39 is 0 Å². The normalized spacial score (nSPS) is 21.1. The highest BCUT2D eigenvalue weighted by molar-refractivity contribution is 5.94. The van der Waals surface area contributed by atoms with Crippen molar-refractivity contribution in [3.63, 3.8) is 0 Å². The molecule has 6 heteroatoms. The molecule has 0 radical (unpaired) electrons. The summed E-state index contributed by atoms with van der Waals surface area (Å²) in [7, 11) is 1.54. The standard InChI is InChI=1S/C22H25N3O3/c1-28-20-10-9-16(13-23-20)21(26)24-19-8-4-7-18(19)22(27)25-12-11-15-5-2-3-6-17(15)14-25/h2-3,5-6,9-10,13,18-19H,4,7-8,11-12,14H2,1H3,(H,24,26)/t18-,19+/m0/s1. The Labute approximate surface area is 164 Å². The molecule has 1 N–H and O–H groups in total. The largest absolute Gasteiger partial charge is 0.481 e. The van der Waals surface area contributed by atoms with Gasteiger partial charge >= 0.3 is 0 Å². The van der Waals surface area contributed by atoms with Gasteiger partial charge in [-0.05, 0) is 36.5 Å². The molecule has 2 amide bonds. The quantitative estimate of drug-likeness (QED) is 0.886. The second kappa shape index (κ2) is 8.00. The van der Waals surface area contributed by atoms with Crippen molar-refractivity contribution in [2.45, 2.75) is 38.3 Å². The lowest BCUT2D eigenvalue weighted by Crippen LogP contribution is -2.46. The molecular formula is C22H25N3O3. The minimum Gasteiger partial charge on any atom is -0.481 e. The third kappa shape index (κ3) is 3.72. The Hall–Kier alpha value is -2.89. The lowest BCUT2D eigenvalue weighted by atomic mass is 9.96. The Balaban J connectivity index is 1.41. The third-order valence-corrected chi connectivity index (χ3v) is 5.80. The van der Waals surface area contributed by atoms with Gasteiger partial charge in [-0.25, -0.2) is 4.98 Å². The zero-order valence-corrected chi connectivity index (χ0v) is 16.1. The molecule has 6 nitrogen and oxygen atoms in total. The number of methoxy groups -OCH3 is 1. The van der Waals surface area contributed by atoms with Gasteiger partial charge < -0.3 is 15.0 Å². The van der Waals surface area contributed by atoms with Gasteiger partial charge in [-0.2, -0.15) is 0 Å². The van der Waals surface area contributed by atoms with Crippen LogP contribution in [0.5, 0.6) is 5.88 Å². The molecule has 28 heavy (non-hydrogen) atoms. The molecule has 0 bridgehead atoms. The number of fused-ring (bicyclic) bond motifs is 1. The number of rotatable bonds is 4. The van der Waals surface area contributed by atoms with Crippen molar-refractivity contribution in [2.75, 3.05) is 13.7 Å². The van der Waals surface area contributed by atoms with Crippen LogP contribution in [-0.4, -0.2) is 41.4 Å². The molecule has 1 aliphatic carbocycles. The number of benzene rings is 1. The second-order valence-corrected chi connectivity index (χ2v) is 7.49. The van der Waals surface area contributed by atoms with Crippen LogP contribution >= 0.6 is 0 Å². The molecule has 2 atom stereocenters. The zero-order valence-electron chi connectivity index (χ0n) is 16.1. The van der Waals surface area contributed by atoms with Crippen LogP contribution in [0.3, 0.4) is 0 Å². The molecule has 146 valence electrons. The number of carbonyl (C=O) groups is 2. The van der Waals surface area contributed by atoms with E-state index in [1.807, 2.05) is 17.0 Å². The summed E-state index contributed by atoms with van der Waals surface area (Å²) in [5, 5.41) is 3.05. The fourth-order valence-electron chi connectivity index (χ4n) is 4.23. The Morgan fingerprint density at radius 2 is 1.96 bits per heavy atom. The summed E-state index contributed by atoms with van der Waals surface area (Å²) < 4.78 is 5.03. The first kappa shape index (κ1) is 18.5. The summed E-state index contributed by atoms with van der Waals surface area (Å²) in [6.07, 6.45) is 5.00. The fourth-order valence-corrected chi connectivity index (χ4v) is 4.23. The van der Waals surface area contributed by atoms with Gasteiger partial charge in [-0.1, -0.05) is 30.7 Å². The van der Waals surface area contributed by atoms with Crippen molar-refractivity contribution < 1.29 is 14.3 Å². The van der Waals surface area contributed by atoms with Gasteiger partial charge in [-0.3, -0.25) is 9.59 Å². The third-order valence-electron chi connectivity index (χ3n) is 5.80. The van der Waals surface area contributed by atoms with Gasteiger partial charge in [-0.15, -0.1) is 0 Å². The molecule has 1 aromatic carbocycles. The molecule has 1 saturated carbocycles. The maximum absolute atomic E-state index is 13.2. The van der Waals surface area contributed by atoms with Crippen LogP contribution in [0, 0.1) is 5.92 Å². The van der Waals surface area contributed by atoms with E-state index in [-0.39, 0.29) is 23.8 Å². The van der Waals surface area contributed by atoms with Gasteiger partial charge in [0.1, 0.15) is 0 Å². The van der Waals surface area contributed by atoms with E-state index in [0.29, 0.717) is 18.0 Å². The van der Waals surface area contributed by atoms with Crippen molar-refractivity contribution >= 4 is 11.8 Å². The lowest BCUT2D eigenvalue weighted by molar-refractivity contribution is -0.136. The van der Waals surface area contributed by atoms with Crippen LogP contribution in [-0.2, 0) is 17.8 Å². The number of hydrogen-bond acceptors (Lipinski definition) is 4. The van der Waals surface area contributed by atoms with E-state index in [1.54, 1.807) is 12.1 Å². The maximum Gasteiger partial charge on any atom is 0.253 e. The molecule has 0 spiro atoms. The van der Waals surface area contributed by atoms with Crippen molar-refractivity contribution in [2.24, 2.45) is 5.92 Å². The molecular weight excluding hydrogens is 354 g/mol. The first-order valence-corrected chi connectivity index (χ1v) is 9.82. The number of nitrogens with zero attached hydrogens (tertiary/aromatic N) is 2. The van der Waals surface area contributed by atoms with Crippen LogP contribution in [0.15, 0.2) is 42.6 Å². The van der Waals surface area contributed by atoms with Crippen molar-refractivity contribution in [1.29, 1.82) is 0 Å². The molecule has 2 heterocycles. The maximum atomic E-state index is 13.2. The molecule has 0 unspecified atom stereocenters. The van der Waals surface area contributed by atoms with Gasteiger partial charge in [0.05, 0.1) is 18.6 Å². The highest BCUT2D eigenvalue weighted by Crippen LogP contribution is 2.30. The van der Waals surface area contributed by atoms with E-state index in [4.69, 9.17) is 4.74 Å². The predicted octanol–water partition coefficient (Wildman–Crippen LogP) is 2.57. The first-order valence-electron chi connectivity index (χ1n) is 9.82. The van der Waals surface area contributed by atoms with Crippen LogP contribution in [0.1, 0.15) is 40.7 Å². The topological polar surface area (TPSA) is 71.5 Å². The Kier molecular flexibility index (Phi) is 5.28. The number of aromatic nitrogens is 1. The minimum atomic E-state index is -0.191. The molecule has 2 aromatic rings. The zero-order chi connectivity index (χ0) is 19.5. The van der Waals surface area contributed by atoms with Crippen molar-refractivity contribution in [1.82, 2.24) is 15.2 Å². The average Bonchev–Trinajstić information content (AvgIpc) is 3.21. The first-order chi connectivity index (χ1) is 13.7. The van der Waals surface area contributed by atoms with Crippen molar-refractivity contribution in [3.8, 4) is 5.88 Å². The average molecular weight is 379 g/mol. The number of amides is 2. The molecule has 1 fully saturated rings. The van der Waals surface area contributed by atoms with Crippen LogP contribution in [0.4, 0.5) is 0 Å². The van der Waals surface area contributed by atoms with E-state index in [2.05, 4.69) is 22.4 Å². The SMILES string of the molecule is COc1ccc(C(=O)N[C@@H]2CCC[C@@H]2C(=O)N2CCc3ccccc3C2)cn1. The van der Waals surface area contributed by atoms with Gasteiger partial charge in [0.25, 0.3) is 5.91 Å². The Bertz CT molecular complexity index is 866. The Morgan fingerprint density at radius 1 is 1.14 bits per heavy atom. The lowest BCUT2D eigenvalue weighted by Gasteiger charge is -2.32. The second-order valence-electron chi connectivity index (χ2n) is 7.49. The fraction of sp³-hybridized carbons (Fsp3) is 0.409. The summed E-state index contributed by atoms with van der Waals surface area (Å²) >= 11 is 0. The van der Waals surface area contributed by atoms with Crippen LogP contribution < -0.4 is 10.1 Å². The molecule has 1 aromatic heterocycles. The number of carbonyl (C=O) groups excluding carboxylic acids is 2. The van der Waals surface area contributed by atoms with Gasteiger partial charge in [0.2, 0.25) is 11.8 Å². The molecule has 2 aliphatic rings. The van der Waals surface area contributed by atoms with Crippen molar-refractivity contribution in [3.05, 3.63) is 59.3 Å². The summed E-state index contributed by atoms with van der Waals surface area (Å²) in [6, 6.07) is 11.5.